The number of hydrogen-bond acceptors (Lipinski definition) is 1. The van der Waals surface area contributed by atoms with Crippen molar-refractivity contribution in [1.29, 1.82) is 0 Å². The molecule has 106 valence electrons. The van der Waals surface area contributed by atoms with Crippen LogP contribution in [0, 0.1) is 3.57 Å². The van der Waals surface area contributed by atoms with Gasteiger partial charge in [0.05, 0.1) is 0 Å². The lowest BCUT2D eigenvalue weighted by atomic mass is 9.85. The van der Waals surface area contributed by atoms with E-state index < -0.39 is 0 Å². The number of hydrogen-bond donors (Lipinski definition) is 1. The highest BCUT2D eigenvalue weighted by atomic mass is 127. The summed E-state index contributed by atoms with van der Waals surface area (Å²) >= 11 is 2.34. The topological polar surface area (TPSA) is 12.0 Å². The van der Waals surface area contributed by atoms with E-state index in [1.165, 1.54) is 20.4 Å². The Morgan fingerprint density at radius 2 is 1.55 bits per heavy atom. The molecule has 0 amide bonds. The van der Waals surface area contributed by atoms with Crippen LogP contribution in [0.5, 0.6) is 0 Å². The van der Waals surface area contributed by atoms with Crippen LogP contribution in [0.4, 0.5) is 5.69 Å². The van der Waals surface area contributed by atoms with Crippen molar-refractivity contribution in [1.82, 2.24) is 0 Å². The summed E-state index contributed by atoms with van der Waals surface area (Å²) in [6.07, 6.45) is 0. The maximum Gasteiger partial charge on any atom is 0.0485 e. The van der Waals surface area contributed by atoms with Gasteiger partial charge < -0.3 is 5.32 Å². The Balaban J connectivity index is 2.24. The summed E-state index contributed by atoms with van der Waals surface area (Å²) in [7, 11) is 0. The standard InChI is InChI=1S/C18H22IN/c1-13(14-9-11-15(19)12-10-14)20-17-8-6-5-7-16(17)18(2,3)4/h5-13,20H,1-4H3. The molecule has 0 aromatic heterocycles. The summed E-state index contributed by atoms with van der Waals surface area (Å²) in [6, 6.07) is 17.6. The van der Waals surface area contributed by atoms with Crippen molar-refractivity contribution in [3.8, 4) is 0 Å². The first-order valence-electron chi connectivity index (χ1n) is 6.99. The first-order chi connectivity index (χ1) is 9.38. The molecule has 0 radical (unpaired) electrons. The van der Waals surface area contributed by atoms with Crippen molar-refractivity contribution in [2.24, 2.45) is 0 Å². The van der Waals surface area contributed by atoms with Crippen LogP contribution in [0.3, 0.4) is 0 Å². The summed E-state index contributed by atoms with van der Waals surface area (Å²) in [4.78, 5) is 0. The largest absolute Gasteiger partial charge is 0.378 e. The van der Waals surface area contributed by atoms with Crippen molar-refractivity contribution in [2.75, 3.05) is 5.32 Å². The number of nitrogens with one attached hydrogen (secondary N) is 1. The summed E-state index contributed by atoms with van der Waals surface area (Å²) < 4.78 is 1.27. The summed E-state index contributed by atoms with van der Waals surface area (Å²) in [5.41, 5.74) is 4.05. The minimum absolute atomic E-state index is 0.148. The number of anilines is 1. The third kappa shape index (κ3) is 3.75. The maximum atomic E-state index is 3.65. The van der Waals surface area contributed by atoms with Gasteiger partial charge in [-0.05, 0) is 64.3 Å². The minimum Gasteiger partial charge on any atom is -0.378 e. The Bertz CT molecular complexity index is 567. The van der Waals surface area contributed by atoms with Gasteiger partial charge in [-0.2, -0.15) is 0 Å². The molecule has 0 spiro atoms. The molecule has 0 aliphatic rings. The highest BCUT2D eigenvalue weighted by molar-refractivity contribution is 14.1. The van der Waals surface area contributed by atoms with Crippen molar-refractivity contribution in [3.05, 3.63) is 63.2 Å². The van der Waals surface area contributed by atoms with Gasteiger partial charge in [0.1, 0.15) is 0 Å². The van der Waals surface area contributed by atoms with E-state index in [2.05, 4.69) is 104 Å². The molecular formula is C18H22IN. The fraction of sp³-hybridized carbons (Fsp3) is 0.333. The van der Waals surface area contributed by atoms with Crippen molar-refractivity contribution >= 4 is 28.3 Å². The zero-order chi connectivity index (χ0) is 14.8. The van der Waals surface area contributed by atoms with E-state index in [4.69, 9.17) is 0 Å². The van der Waals surface area contributed by atoms with Gasteiger partial charge in [-0.15, -0.1) is 0 Å². The molecular weight excluding hydrogens is 357 g/mol. The normalized spacial score (nSPS) is 13.1. The molecule has 0 heterocycles. The Hall–Kier alpha value is -1.03. The van der Waals surface area contributed by atoms with Gasteiger partial charge in [-0.1, -0.05) is 51.1 Å². The van der Waals surface area contributed by atoms with Gasteiger partial charge in [0.15, 0.2) is 0 Å². The molecule has 2 heteroatoms. The average molecular weight is 379 g/mol. The molecule has 0 fully saturated rings. The predicted molar refractivity (Wildman–Crippen MR) is 96.3 cm³/mol. The second kappa shape index (κ2) is 6.17. The number of para-hydroxylation sites is 1. The lowest BCUT2D eigenvalue weighted by Gasteiger charge is -2.25. The summed E-state index contributed by atoms with van der Waals surface area (Å²) in [5.74, 6) is 0. The molecule has 1 unspecified atom stereocenters. The van der Waals surface area contributed by atoms with Crippen LogP contribution in [0.15, 0.2) is 48.5 Å². The molecule has 2 rings (SSSR count). The van der Waals surface area contributed by atoms with E-state index in [9.17, 15) is 0 Å². The molecule has 1 nitrogen and oxygen atoms in total. The van der Waals surface area contributed by atoms with E-state index in [0.29, 0.717) is 6.04 Å². The van der Waals surface area contributed by atoms with E-state index in [-0.39, 0.29) is 5.41 Å². The van der Waals surface area contributed by atoms with Gasteiger partial charge >= 0.3 is 0 Å². The Morgan fingerprint density at radius 3 is 2.15 bits per heavy atom. The van der Waals surface area contributed by atoms with Crippen molar-refractivity contribution in [3.63, 3.8) is 0 Å². The monoisotopic (exact) mass is 379 g/mol. The smallest absolute Gasteiger partial charge is 0.0485 e. The molecule has 0 aliphatic heterocycles. The van der Waals surface area contributed by atoms with E-state index in [0.717, 1.165) is 0 Å². The lowest BCUT2D eigenvalue weighted by molar-refractivity contribution is 0.590. The fourth-order valence-corrected chi connectivity index (χ4v) is 2.69. The fourth-order valence-electron chi connectivity index (χ4n) is 2.33. The van der Waals surface area contributed by atoms with Crippen molar-refractivity contribution < 1.29 is 0 Å². The van der Waals surface area contributed by atoms with Crippen LogP contribution in [0.25, 0.3) is 0 Å². The number of benzene rings is 2. The Kier molecular flexibility index (Phi) is 4.74. The molecule has 1 N–H and O–H groups in total. The molecule has 0 saturated heterocycles. The van der Waals surface area contributed by atoms with Crippen molar-refractivity contribution in [2.45, 2.75) is 39.2 Å². The maximum absolute atomic E-state index is 3.65. The number of rotatable bonds is 3. The van der Waals surface area contributed by atoms with Crippen LogP contribution < -0.4 is 5.32 Å². The zero-order valence-corrected chi connectivity index (χ0v) is 14.7. The molecule has 0 saturated carbocycles. The molecule has 0 bridgehead atoms. The second-order valence-corrected chi connectivity index (χ2v) is 7.46. The number of halogens is 1. The molecule has 2 aromatic rings. The van der Waals surface area contributed by atoms with E-state index in [1.54, 1.807) is 0 Å². The molecule has 0 aliphatic carbocycles. The minimum atomic E-state index is 0.148. The van der Waals surface area contributed by atoms with Crippen LogP contribution in [-0.2, 0) is 5.41 Å². The van der Waals surface area contributed by atoms with Gasteiger partial charge in [0.25, 0.3) is 0 Å². The average Bonchev–Trinajstić information content (AvgIpc) is 2.38. The van der Waals surface area contributed by atoms with E-state index >= 15 is 0 Å². The van der Waals surface area contributed by atoms with Gasteiger partial charge in [0.2, 0.25) is 0 Å². The predicted octanol–water partition coefficient (Wildman–Crippen LogP) is 5.76. The third-order valence-electron chi connectivity index (χ3n) is 3.48. The van der Waals surface area contributed by atoms with E-state index in [1.807, 2.05) is 0 Å². The van der Waals surface area contributed by atoms with Crippen LogP contribution >= 0.6 is 22.6 Å². The molecule has 1 atom stereocenters. The second-order valence-electron chi connectivity index (χ2n) is 6.21. The lowest BCUT2D eigenvalue weighted by Crippen LogP contribution is -2.16. The first kappa shape index (κ1) is 15.4. The summed E-state index contributed by atoms with van der Waals surface area (Å²) in [5, 5.41) is 3.65. The molecule has 2 aromatic carbocycles. The SMILES string of the molecule is CC(Nc1ccccc1C(C)(C)C)c1ccc(I)cc1. The highest BCUT2D eigenvalue weighted by Crippen LogP contribution is 2.31. The Labute approximate surface area is 135 Å². The third-order valence-corrected chi connectivity index (χ3v) is 4.20. The van der Waals surface area contributed by atoms with Crippen LogP contribution in [-0.4, -0.2) is 0 Å². The Morgan fingerprint density at radius 1 is 0.950 bits per heavy atom. The van der Waals surface area contributed by atoms with Crippen LogP contribution in [0.1, 0.15) is 44.9 Å². The van der Waals surface area contributed by atoms with Gasteiger partial charge in [-0.25, -0.2) is 0 Å². The molecule has 20 heavy (non-hydrogen) atoms. The van der Waals surface area contributed by atoms with Gasteiger partial charge in [-0.3, -0.25) is 0 Å². The quantitative estimate of drug-likeness (QED) is 0.669. The summed E-state index contributed by atoms with van der Waals surface area (Å²) in [6.45, 7) is 8.97. The van der Waals surface area contributed by atoms with Crippen LogP contribution in [0.2, 0.25) is 0 Å². The first-order valence-corrected chi connectivity index (χ1v) is 8.07. The van der Waals surface area contributed by atoms with Gasteiger partial charge in [0, 0.05) is 15.3 Å². The highest BCUT2D eigenvalue weighted by Gasteiger charge is 2.18. The zero-order valence-electron chi connectivity index (χ0n) is 12.6.